The van der Waals surface area contributed by atoms with E-state index in [0.29, 0.717) is 22.8 Å². The van der Waals surface area contributed by atoms with Gasteiger partial charge in [0, 0.05) is 37.3 Å². The highest BCUT2D eigenvalue weighted by Gasteiger charge is 2.10. The van der Waals surface area contributed by atoms with Crippen LogP contribution < -0.4 is 10.3 Å². The Morgan fingerprint density at radius 1 is 1.11 bits per heavy atom. The topological polar surface area (TPSA) is 98.6 Å². The van der Waals surface area contributed by atoms with Crippen LogP contribution in [0.4, 0.5) is 0 Å². The second-order valence-corrected chi connectivity index (χ2v) is 6.01. The second-order valence-electron chi connectivity index (χ2n) is 6.01. The zero-order valence-corrected chi connectivity index (χ0v) is 14.7. The van der Waals surface area contributed by atoms with E-state index in [0.717, 1.165) is 16.8 Å². The lowest BCUT2D eigenvalue weighted by molar-refractivity contribution is 0.476. The van der Waals surface area contributed by atoms with Gasteiger partial charge in [-0.05, 0) is 24.6 Å². The lowest BCUT2D eigenvalue weighted by atomic mass is 10.1. The van der Waals surface area contributed by atoms with Crippen LogP contribution >= 0.6 is 0 Å². The van der Waals surface area contributed by atoms with Crippen LogP contribution in [0.15, 0.2) is 60.3 Å². The number of nitrogens with zero attached hydrogens (tertiary/aromatic N) is 5. The molecule has 0 saturated carbocycles. The average Bonchev–Trinajstić information content (AvgIpc) is 3.11. The van der Waals surface area contributed by atoms with Crippen LogP contribution in [-0.4, -0.2) is 29.7 Å². The van der Waals surface area contributed by atoms with E-state index in [9.17, 15) is 4.79 Å². The van der Waals surface area contributed by atoms with E-state index in [1.54, 1.807) is 35.4 Å². The molecule has 1 N–H and O–H groups in total. The van der Waals surface area contributed by atoms with Crippen LogP contribution in [0.2, 0.25) is 0 Å². The van der Waals surface area contributed by atoms with Gasteiger partial charge in [0.1, 0.15) is 11.5 Å². The van der Waals surface area contributed by atoms with E-state index in [2.05, 4.69) is 25.0 Å². The molecule has 0 fully saturated rings. The molecule has 0 unspecified atom stereocenters. The molecule has 4 heterocycles. The molecule has 0 amide bonds. The number of aromatic amines is 1. The normalized spacial score (nSPS) is 10.7. The molecule has 0 radical (unpaired) electrons. The molecule has 8 heteroatoms. The lowest BCUT2D eigenvalue weighted by Crippen LogP contribution is -2.09. The minimum Gasteiger partial charge on any atom is -0.455 e. The van der Waals surface area contributed by atoms with E-state index in [1.165, 1.54) is 12.5 Å². The van der Waals surface area contributed by atoms with Crippen LogP contribution in [0.5, 0.6) is 11.5 Å². The summed E-state index contributed by atoms with van der Waals surface area (Å²) in [6.45, 7) is 1.90. The summed E-state index contributed by atoms with van der Waals surface area (Å²) >= 11 is 0. The van der Waals surface area contributed by atoms with Crippen molar-refractivity contribution >= 4 is 0 Å². The summed E-state index contributed by atoms with van der Waals surface area (Å²) in [5, 5.41) is 4.16. The van der Waals surface area contributed by atoms with E-state index in [1.807, 2.05) is 26.2 Å². The minimum absolute atomic E-state index is 0.235. The van der Waals surface area contributed by atoms with Gasteiger partial charge in [-0.15, -0.1) is 0 Å². The third-order valence-corrected chi connectivity index (χ3v) is 4.02. The standard InChI is InChI=1S/C19H16N6O2/c1-12-5-17(15-8-20-11-23-19(15)26)22-9-18(12)27-14-3-4-21-16(6-14)13-7-24-25(2)10-13/h3-11H,1-2H3,(H,20,23,26). The first kappa shape index (κ1) is 16.6. The Morgan fingerprint density at radius 3 is 2.74 bits per heavy atom. The number of rotatable bonds is 4. The fraction of sp³-hybridized carbons (Fsp3) is 0.105. The summed E-state index contributed by atoms with van der Waals surface area (Å²) in [6.07, 6.45) is 9.76. The van der Waals surface area contributed by atoms with Gasteiger partial charge in [0.05, 0.1) is 35.7 Å². The molecule has 0 aromatic carbocycles. The Labute approximate surface area is 154 Å². The molecule has 4 rings (SSSR count). The molecule has 4 aromatic rings. The van der Waals surface area contributed by atoms with Crippen molar-refractivity contribution in [3.8, 4) is 34.0 Å². The summed E-state index contributed by atoms with van der Waals surface area (Å²) < 4.78 is 7.69. The van der Waals surface area contributed by atoms with Gasteiger partial charge in [-0.3, -0.25) is 19.4 Å². The quantitative estimate of drug-likeness (QED) is 0.601. The molecule has 0 atom stereocenters. The predicted molar refractivity (Wildman–Crippen MR) is 99.3 cm³/mol. The number of hydrogen-bond acceptors (Lipinski definition) is 6. The van der Waals surface area contributed by atoms with Gasteiger partial charge in [-0.1, -0.05) is 0 Å². The number of H-pyrrole nitrogens is 1. The van der Waals surface area contributed by atoms with Crippen molar-refractivity contribution in [1.29, 1.82) is 0 Å². The van der Waals surface area contributed by atoms with Crippen molar-refractivity contribution in [2.45, 2.75) is 6.92 Å². The average molecular weight is 360 g/mol. The molecular formula is C19H16N6O2. The largest absolute Gasteiger partial charge is 0.455 e. The van der Waals surface area contributed by atoms with Crippen molar-refractivity contribution in [3.63, 3.8) is 0 Å². The molecule has 0 bridgehead atoms. The first-order valence-corrected chi connectivity index (χ1v) is 8.23. The maximum atomic E-state index is 11.9. The Hall–Kier alpha value is -3.81. The van der Waals surface area contributed by atoms with Crippen molar-refractivity contribution in [2.75, 3.05) is 0 Å². The van der Waals surface area contributed by atoms with Gasteiger partial charge in [0.15, 0.2) is 0 Å². The van der Waals surface area contributed by atoms with Crippen molar-refractivity contribution in [1.82, 2.24) is 29.7 Å². The van der Waals surface area contributed by atoms with Crippen LogP contribution in [0, 0.1) is 6.92 Å². The highest BCUT2D eigenvalue weighted by Crippen LogP contribution is 2.28. The van der Waals surface area contributed by atoms with Gasteiger partial charge in [-0.2, -0.15) is 5.10 Å². The number of nitrogens with one attached hydrogen (secondary N) is 1. The van der Waals surface area contributed by atoms with Crippen molar-refractivity contribution < 1.29 is 4.74 Å². The fourth-order valence-electron chi connectivity index (χ4n) is 2.64. The van der Waals surface area contributed by atoms with Crippen LogP contribution in [-0.2, 0) is 7.05 Å². The molecule has 0 aliphatic heterocycles. The maximum Gasteiger partial charge on any atom is 0.260 e. The molecule has 8 nitrogen and oxygen atoms in total. The summed E-state index contributed by atoms with van der Waals surface area (Å²) in [5.41, 5.74) is 3.24. The highest BCUT2D eigenvalue weighted by atomic mass is 16.5. The monoisotopic (exact) mass is 360 g/mol. The summed E-state index contributed by atoms with van der Waals surface area (Å²) in [6, 6.07) is 5.42. The van der Waals surface area contributed by atoms with Crippen LogP contribution in [0.1, 0.15) is 5.56 Å². The van der Waals surface area contributed by atoms with Gasteiger partial charge < -0.3 is 9.72 Å². The number of ether oxygens (including phenoxy) is 1. The fourth-order valence-corrected chi connectivity index (χ4v) is 2.64. The third-order valence-electron chi connectivity index (χ3n) is 4.02. The minimum atomic E-state index is -0.235. The number of aryl methyl sites for hydroxylation is 2. The molecule has 0 saturated heterocycles. The smallest absolute Gasteiger partial charge is 0.260 e. The predicted octanol–water partition coefficient (Wildman–Crippen LogP) is 2.73. The van der Waals surface area contributed by atoms with Gasteiger partial charge in [0.2, 0.25) is 0 Å². The Balaban J connectivity index is 1.62. The zero-order chi connectivity index (χ0) is 18.8. The van der Waals surface area contributed by atoms with Gasteiger partial charge in [0.25, 0.3) is 5.56 Å². The molecule has 0 aliphatic carbocycles. The molecule has 134 valence electrons. The van der Waals surface area contributed by atoms with Crippen molar-refractivity contribution in [3.05, 3.63) is 71.4 Å². The van der Waals surface area contributed by atoms with Crippen LogP contribution in [0.25, 0.3) is 22.5 Å². The zero-order valence-electron chi connectivity index (χ0n) is 14.7. The Bertz CT molecular complexity index is 1160. The molecular weight excluding hydrogens is 344 g/mol. The number of pyridine rings is 2. The first-order valence-electron chi connectivity index (χ1n) is 8.23. The lowest BCUT2D eigenvalue weighted by Gasteiger charge is -2.10. The SMILES string of the molecule is Cc1cc(-c2cnc[nH]c2=O)ncc1Oc1ccnc(-c2cnn(C)c2)c1. The molecule has 4 aromatic heterocycles. The van der Waals surface area contributed by atoms with E-state index >= 15 is 0 Å². The summed E-state index contributed by atoms with van der Waals surface area (Å²) in [7, 11) is 1.85. The van der Waals surface area contributed by atoms with E-state index in [-0.39, 0.29) is 5.56 Å². The number of aromatic nitrogens is 6. The molecule has 27 heavy (non-hydrogen) atoms. The summed E-state index contributed by atoms with van der Waals surface area (Å²) in [5.74, 6) is 1.24. The molecule has 0 spiro atoms. The van der Waals surface area contributed by atoms with E-state index in [4.69, 9.17) is 4.74 Å². The van der Waals surface area contributed by atoms with Crippen LogP contribution in [0.3, 0.4) is 0 Å². The highest BCUT2D eigenvalue weighted by molar-refractivity contribution is 5.60. The summed E-state index contributed by atoms with van der Waals surface area (Å²) in [4.78, 5) is 27.1. The van der Waals surface area contributed by atoms with E-state index < -0.39 is 0 Å². The van der Waals surface area contributed by atoms with Crippen molar-refractivity contribution in [2.24, 2.45) is 7.05 Å². The molecule has 0 aliphatic rings. The number of hydrogen-bond donors (Lipinski definition) is 1. The second kappa shape index (κ2) is 6.83. The Morgan fingerprint density at radius 2 is 2.00 bits per heavy atom. The van der Waals surface area contributed by atoms with Gasteiger partial charge in [-0.25, -0.2) is 4.98 Å². The maximum absolute atomic E-state index is 11.9. The first-order chi connectivity index (χ1) is 13.1. The van der Waals surface area contributed by atoms with Gasteiger partial charge >= 0.3 is 0 Å². The Kier molecular flexibility index (Phi) is 4.21. The third kappa shape index (κ3) is 3.45.